The number of nitrogens with zero attached hydrogens (tertiary/aromatic N) is 5. The first-order valence-corrected chi connectivity index (χ1v) is 9.30. The van der Waals surface area contributed by atoms with Crippen LogP contribution in [-0.4, -0.2) is 43.2 Å². The summed E-state index contributed by atoms with van der Waals surface area (Å²) < 4.78 is 10.2. The summed E-state index contributed by atoms with van der Waals surface area (Å²) in [7, 11) is 1.45. The Bertz CT molecular complexity index is 1050. The predicted octanol–water partition coefficient (Wildman–Crippen LogP) is 3.57. The lowest BCUT2D eigenvalue weighted by atomic mass is 10.0. The molecular weight excluding hydrogens is 380 g/mol. The van der Waals surface area contributed by atoms with Crippen molar-refractivity contribution in [3.63, 3.8) is 0 Å². The maximum Gasteiger partial charge on any atom is 0.411 e. The van der Waals surface area contributed by atoms with E-state index in [1.807, 2.05) is 19.9 Å². The van der Waals surface area contributed by atoms with Crippen LogP contribution in [0.2, 0.25) is 0 Å². The van der Waals surface area contributed by atoms with Crippen LogP contribution in [0, 0.1) is 0 Å². The van der Waals surface area contributed by atoms with Crippen molar-refractivity contribution in [3.05, 3.63) is 36.2 Å². The van der Waals surface area contributed by atoms with Gasteiger partial charge in [-0.3, -0.25) is 4.90 Å². The topological polar surface area (TPSA) is 113 Å². The molecule has 4 rings (SSSR count). The number of carboxylic acid groups (broad SMARTS) is 1. The molecule has 0 spiro atoms. The zero-order chi connectivity index (χ0) is 19.9. The van der Waals surface area contributed by atoms with Crippen LogP contribution in [0.1, 0.15) is 19.4 Å². The maximum atomic E-state index is 11.3. The molecule has 144 valence electrons. The molecule has 0 aliphatic carbocycles. The summed E-state index contributed by atoms with van der Waals surface area (Å²) in [5.74, 6) is 1.66. The fourth-order valence-electron chi connectivity index (χ4n) is 2.98. The molecule has 3 aromatic heterocycles. The van der Waals surface area contributed by atoms with Gasteiger partial charge in [-0.1, -0.05) is 0 Å². The molecule has 4 heterocycles. The third kappa shape index (κ3) is 3.46. The van der Waals surface area contributed by atoms with Crippen LogP contribution in [0.15, 0.2) is 30.6 Å². The Kier molecular flexibility index (Phi) is 4.34. The summed E-state index contributed by atoms with van der Waals surface area (Å²) >= 11 is 1.15. The van der Waals surface area contributed by atoms with E-state index in [4.69, 9.17) is 4.74 Å². The van der Waals surface area contributed by atoms with Crippen molar-refractivity contribution >= 4 is 34.3 Å². The largest absolute Gasteiger partial charge is 0.486 e. The Balaban J connectivity index is 1.58. The molecule has 0 bridgehead atoms. The highest BCUT2D eigenvalue weighted by atomic mass is 32.1. The van der Waals surface area contributed by atoms with Crippen molar-refractivity contribution in [2.45, 2.75) is 25.9 Å². The van der Waals surface area contributed by atoms with E-state index in [0.717, 1.165) is 34.2 Å². The highest BCUT2D eigenvalue weighted by Crippen LogP contribution is 2.36. The zero-order valence-corrected chi connectivity index (χ0v) is 16.3. The highest BCUT2D eigenvalue weighted by molar-refractivity contribution is 7.09. The number of carbonyl (C=O) groups is 1. The molecule has 3 aromatic rings. The predicted molar refractivity (Wildman–Crippen MR) is 105 cm³/mol. The van der Waals surface area contributed by atoms with Gasteiger partial charge in [0.2, 0.25) is 5.13 Å². The van der Waals surface area contributed by atoms with E-state index in [0.29, 0.717) is 28.2 Å². The smallest absolute Gasteiger partial charge is 0.411 e. The number of amides is 1. The van der Waals surface area contributed by atoms with Crippen molar-refractivity contribution in [2.75, 3.05) is 17.3 Å². The fraction of sp³-hybridized carbons (Fsp3) is 0.278. The van der Waals surface area contributed by atoms with Crippen molar-refractivity contribution < 1.29 is 14.6 Å². The number of rotatable bonds is 4. The molecule has 28 heavy (non-hydrogen) atoms. The molecule has 0 atom stereocenters. The molecule has 0 fully saturated rings. The van der Waals surface area contributed by atoms with Crippen LogP contribution < -0.4 is 15.0 Å². The molecule has 1 amide bonds. The van der Waals surface area contributed by atoms with Gasteiger partial charge in [-0.15, -0.1) is 0 Å². The van der Waals surface area contributed by atoms with Gasteiger partial charge < -0.3 is 15.2 Å². The minimum atomic E-state index is -1.08. The van der Waals surface area contributed by atoms with Gasteiger partial charge in [0.05, 0.1) is 11.9 Å². The second kappa shape index (κ2) is 6.71. The van der Waals surface area contributed by atoms with Crippen LogP contribution in [-0.2, 0) is 6.42 Å². The summed E-state index contributed by atoms with van der Waals surface area (Å²) in [6.45, 7) is 4.07. The molecule has 10 heteroatoms. The number of fused-ring (bicyclic) bond motifs is 1. The van der Waals surface area contributed by atoms with Crippen molar-refractivity contribution in [1.29, 1.82) is 0 Å². The van der Waals surface area contributed by atoms with Crippen LogP contribution >= 0.6 is 11.5 Å². The number of pyridine rings is 2. The summed E-state index contributed by atoms with van der Waals surface area (Å²) in [4.78, 5) is 25.4. The maximum absolute atomic E-state index is 11.3. The van der Waals surface area contributed by atoms with Crippen molar-refractivity contribution in [2.24, 2.45) is 0 Å². The lowest BCUT2D eigenvalue weighted by molar-refractivity contribution is 0.138. The highest BCUT2D eigenvalue weighted by Gasteiger charge is 2.30. The Morgan fingerprint density at radius 1 is 1.39 bits per heavy atom. The Hall–Kier alpha value is -3.27. The van der Waals surface area contributed by atoms with E-state index in [-0.39, 0.29) is 5.60 Å². The minimum Gasteiger partial charge on any atom is -0.486 e. The first-order valence-electron chi connectivity index (χ1n) is 8.53. The Morgan fingerprint density at radius 3 is 3.00 bits per heavy atom. The average molecular weight is 398 g/mol. The van der Waals surface area contributed by atoms with Gasteiger partial charge in [0.15, 0.2) is 11.6 Å². The summed E-state index contributed by atoms with van der Waals surface area (Å²) in [6.07, 6.45) is 2.99. The number of anilines is 3. The average Bonchev–Trinajstić information content (AvgIpc) is 3.23. The normalized spacial score (nSPS) is 14.2. The van der Waals surface area contributed by atoms with Crippen molar-refractivity contribution in [3.8, 4) is 17.3 Å². The second-order valence-electron chi connectivity index (χ2n) is 6.98. The molecular formula is C18H18N6O3S. The molecule has 0 unspecified atom stereocenters. The van der Waals surface area contributed by atoms with E-state index >= 15 is 0 Å². The molecule has 0 saturated heterocycles. The minimum absolute atomic E-state index is 0.240. The summed E-state index contributed by atoms with van der Waals surface area (Å²) in [5.41, 5.74) is 1.92. The molecule has 2 N–H and O–H groups in total. The molecule has 0 saturated carbocycles. The monoisotopic (exact) mass is 398 g/mol. The SMILES string of the molecule is CN(C(=O)O)c1cccnc1Nc1nc(-c2cc3c(cn2)OC(C)(C)C3)ns1. The standard InChI is InChI=1S/C18H18N6O3S/c1-18(2)8-10-7-11(20-9-13(10)27-18)14-21-16(28-23-14)22-15-12(5-4-6-19-15)24(3)17(25)26/h4-7,9H,8H2,1-3H3,(H,25,26)(H,19,21,22,23). The van der Waals surface area contributed by atoms with Gasteiger partial charge >= 0.3 is 6.09 Å². The van der Waals surface area contributed by atoms with E-state index in [2.05, 4.69) is 24.6 Å². The third-order valence-electron chi connectivity index (χ3n) is 4.27. The molecule has 0 radical (unpaired) electrons. The van der Waals surface area contributed by atoms with Gasteiger partial charge in [-0.25, -0.2) is 14.8 Å². The molecule has 1 aliphatic heterocycles. The van der Waals surface area contributed by atoms with E-state index < -0.39 is 6.09 Å². The van der Waals surface area contributed by atoms with Gasteiger partial charge in [0, 0.05) is 36.8 Å². The quantitative estimate of drug-likeness (QED) is 0.686. The number of hydrogen-bond acceptors (Lipinski definition) is 8. The van der Waals surface area contributed by atoms with E-state index in [9.17, 15) is 9.90 Å². The first kappa shape index (κ1) is 18.1. The first-order chi connectivity index (χ1) is 13.3. The van der Waals surface area contributed by atoms with Gasteiger partial charge in [-0.05, 0) is 32.0 Å². The number of hydrogen-bond donors (Lipinski definition) is 2. The van der Waals surface area contributed by atoms with Gasteiger partial charge in [0.25, 0.3) is 0 Å². The zero-order valence-electron chi connectivity index (χ0n) is 15.5. The number of nitrogens with one attached hydrogen (secondary N) is 1. The molecule has 9 nitrogen and oxygen atoms in total. The van der Waals surface area contributed by atoms with Crippen LogP contribution in [0.3, 0.4) is 0 Å². The van der Waals surface area contributed by atoms with Crippen LogP contribution in [0.5, 0.6) is 5.75 Å². The molecule has 1 aliphatic rings. The lowest BCUT2D eigenvalue weighted by Gasteiger charge is -2.16. The summed E-state index contributed by atoms with van der Waals surface area (Å²) in [6, 6.07) is 5.28. The summed E-state index contributed by atoms with van der Waals surface area (Å²) in [5, 5.41) is 12.8. The number of ether oxygens (including phenoxy) is 1. The van der Waals surface area contributed by atoms with E-state index in [1.54, 1.807) is 24.5 Å². The third-order valence-corrected chi connectivity index (χ3v) is 4.90. The molecule has 0 aromatic carbocycles. The number of aromatic nitrogens is 4. The van der Waals surface area contributed by atoms with Crippen LogP contribution in [0.4, 0.5) is 21.4 Å². The van der Waals surface area contributed by atoms with E-state index in [1.165, 1.54) is 7.05 Å². The van der Waals surface area contributed by atoms with Gasteiger partial charge in [0.1, 0.15) is 17.0 Å². The second-order valence-corrected chi connectivity index (χ2v) is 7.73. The van der Waals surface area contributed by atoms with Crippen molar-refractivity contribution in [1.82, 2.24) is 19.3 Å². The Labute approximate surface area is 165 Å². The van der Waals surface area contributed by atoms with Crippen LogP contribution in [0.25, 0.3) is 11.5 Å². The van der Waals surface area contributed by atoms with Gasteiger partial charge in [-0.2, -0.15) is 9.36 Å². The lowest BCUT2D eigenvalue weighted by Crippen LogP contribution is -2.24. The Morgan fingerprint density at radius 2 is 2.21 bits per heavy atom. The fourth-order valence-corrected chi connectivity index (χ4v) is 3.55.